The number of aromatic nitrogens is 3. The van der Waals surface area contributed by atoms with Gasteiger partial charge in [-0.05, 0) is 25.0 Å². The molecule has 0 bridgehead atoms. The van der Waals surface area contributed by atoms with Gasteiger partial charge in [0.2, 0.25) is 17.8 Å². The van der Waals surface area contributed by atoms with Gasteiger partial charge in [0.25, 0.3) is 11.8 Å². The minimum Gasteiger partial charge on any atom is -0.347 e. The topological polar surface area (TPSA) is 112 Å². The number of anilines is 2. The van der Waals surface area contributed by atoms with Gasteiger partial charge in [0.1, 0.15) is 6.54 Å². The molecule has 0 aliphatic carbocycles. The van der Waals surface area contributed by atoms with Crippen molar-refractivity contribution in [3.63, 3.8) is 0 Å². The van der Waals surface area contributed by atoms with E-state index in [1.807, 2.05) is 14.1 Å². The lowest BCUT2D eigenvalue weighted by Gasteiger charge is -2.19. The number of hydrogen-bond acceptors (Lipinski definition) is 8. The molecule has 0 spiro atoms. The Bertz CT molecular complexity index is 967. The standard InChI is InChI=1S/C20H23N7O3/c1-25(2)19-22-15(23-20(24-19)26-9-5-6-10-26)11-21-16(28)12-27-17(29)13-7-3-4-8-14(13)18(27)30/h3-4,7-8H,5-6,9-12H2,1-2H3,(H,21,28). The number of hydrogen-bond donors (Lipinski definition) is 1. The van der Waals surface area contributed by atoms with Crippen LogP contribution in [-0.2, 0) is 11.3 Å². The predicted octanol–water partition coefficient (Wildman–Crippen LogP) is 0.450. The number of carbonyl (C=O) groups excluding carboxylic acids is 3. The first kappa shape index (κ1) is 19.7. The highest BCUT2D eigenvalue weighted by Crippen LogP contribution is 2.22. The second-order valence-electron chi connectivity index (χ2n) is 7.46. The van der Waals surface area contributed by atoms with Crippen LogP contribution in [-0.4, -0.2) is 71.3 Å². The Balaban J connectivity index is 1.43. The summed E-state index contributed by atoms with van der Waals surface area (Å²) in [5.41, 5.74) is 0.636. The summed E-state index contributed by atoms with van der Waals surface area (Å²) in [5.74, 6) is 0.145. The first-order valence-electron chi connectivity index (χ1n) is 9.83. The molecule has 3 heterocycles. The largest absolute Gasteiger partial charge is 0.347 e. The fraction of sp³-hybridized carbons (Fsp3) is 0.400. The second-order valence-corrected chi connectivity index (χ2v) is 7.46. The van der Waals surface area contributed by atoms with Gasteiger partial charge in [-0.2, -0.15) is 15.0 Å². The van der Waals surface area contributed by atoms with Crippen LogP contribution in [0.5, 0.6) is 0 Å². The predicted molar refractivity (Wildman–Crippen MR) is 109 cm³/mol. The van der Waals surface area contributed by atoms with E-state index in [0.717, 1.165) is 30.8 Å². The summed E-state index contributed by atoms with van der Waals surface area (Å²) < 4.78 is 0. The van der Waals surface area contributed by atoms with Crippen molar-refractivity contribution >= 4 is 29.6 Å². The summed E-state index contributed by atoms with van der Waals surface area (Å²) in [6.07, 6.45) is 2.19. The monoisotopic (exact) mass is 409 g/mol. The molecule has 3 amide bonds. The third-order valence-corrected chi connectivity index (χ3v) is 5.07. The van der Waals surface area contributed by atoms with Gasteiger partial charge < -0.3 is 15.1 Å². The van der Waals surface area contributed by atoms with Gasteiger partial charge in [0.15, 0.2) is 5.82 Å². The first-order valence-corrected chi connectivity index (χ1v) is 9.83. The highest BCUT2D eigenvalue weighted by molar-refractivity contribution is 6.22. The zero-order valence-electron chi connectivity index (χ0n) is 17.0. The van der Waals surface area contributed by atoms with E-state index in [4.69, 9.17) is 0 Å². The van der Waals surface area contributed by atoms with E-state index in [0.29, 0.717) is 28.8 Å². The number of rotatable bonds is 6. The van der Waals surface area contributed by atoms with Crippen LogP contribution in [0.1, 0.15) is 39.4 Å². The lowest BCUT2D eigenvalue weighted by molar-refractivity contribution is -0.121. The fourth-order valence-corrected chi connectivity index (χ4v) is 3.49. The van der Waals surface area contributed by atoms with Crippen molar-refractivity contribution in [2.24, 2.45) is 0 Å². The highest BCUT2D eigenvalue weighted by atomic mass is 16.2. The van der Waals surface area contributed by atoms with Gasteiger partial charge in [-0.3, -0.25) is 19.3 Å². The van der Waals surface area contributed by atoms with Crippen LogP contribution >= 0.6 is 0 Å². The molecule has 2 aromatic rings. The van der Waals surface area contributed by atoms with E-state index >= 15 is 0 Å². The van der Waals surface area contributed by atoms with Crippen LogP contribution in [0.15, 0.2) is 24.3 Å². The Morgan fingerprint density at radius 2 is 1.67 bits per heavy atom. The maximum absolute atomic E-state index is 12.4. The summed E-state index contributed by atoms with van der Waals surface area (Å²) >= 11 is 0. The van der Waals surface area contributed by atoms with Gasteiger partial charge in [-0.25, -0.2) is 0 Å². The number of nitrogens with one attached hydrogen (secondary N) is 1. The molecule has 1 aromatic carbocycles. The van der Waals surface area contributed by atoms with E-state index in [1.54, 1.807) is 29.2 Å². The third kappa shape index (κ3) is 3.80. The van der Waals surface area contributed by atoms with E-state index in [-0.39, 0.29) is 13.1 Å². The van der Waals surface area contributed by atoms with Crippen LogP contribution in [0.3, 0.4) is 0 Å². The molecule has 2 aliphatic rings. The van der Waals surface area contributed by atoms with Gasteiger partial charge >= 0.3 is 0 Å². The number of benzene rings is 1. The molecular formula is C20H23N7O3. The Kier molecular flexibility index (Phi) is 5.30. The number of carbonyl (C=O) groups is 3. The maximum atomic E-state index is 12.4. The summed E-state index contributed by atoms with van der Waals surface area (Å²) in [5, 5.41) is 2.70. The Morgan fingerprint density at radius 1 is 1.03 bits per heavy atom. The molecule has 1 N–H and O–H groups in total. The zero-order chi connectivity index (χ0) is 21.3. The van der Waals surface area contributed by atoms with E-state index < -0.39 is 17.7 Å². The highest BCUT2D eigenvalue weighted by Gasteiger charge is 2.36. The number of amides is 3. The summed E-state index contributed by atoms with van der Waals surface area (Å²) in [6.45, 7) is 1.51. The Hall–Kier alpha value is -3.56. The molecular weight excluding hydrogens is 386 g/mol. The van der Waals surface area contributed by atoms with Gasteiger partial charge in [-0.15, -0.1) is 0 Å². The maximum Gasteiger partial charge on any atom is 0.262 e. The normalized spacial score (nSPS) is 15.5. The van der Waals surface area contributed by atoms with Crippen molar-refractivity contribution in [1.29, 1.82) is 0 Å². The van der Waals surface area contributed by atoms with Crippen molar-refractivity contribution in [1.82, 2.24) is 25.2 Å². The number of nitrogens with zero attached hydrogens (tertiary/aromatic N) is 6. The molecule has 0 saturated carbocycles. The quantitative estimate of drug-likeness (QED) is 0.685. The van der Waals surface area contributed by atoms with Crippen LogP contribution in [0, 0.1) is 0 Å². The van der Waals surface area contributed by atoms with Crippen molar-refractivity contribution in [3.05, 3.63) is 41.2 Å². The second kappa shape index (κ2) is 8.05. The number of imide groups is 1. The summed E-state index contributed by atoms with van der Waals surface area (Å²) in [6, 6.07) is 6.55. The molecule has 4 rings (SSSR count). The molecule has 0 unspecified atom stereocenters. The van der Waals surface area contributed by atoms with E-state index in [1.165, 1.54) is 0 Å². The minimum absolute atomic E-state index is 0.0756. The van der Waals surface area contributed by atoms with Crippen LogP contribution < -0.4 is 15.1 Å². The Labute approximate surface area is 173 Å². The average Bonchev–Trinajstić information content (AvgIpc) is 3.36. The van der Waals surface area contributed by atoms with E-state index in [2.05, 4.69) is 25.2 Å². The molecule has 30 heavy (non-hydrogen) atoms. The average molecular weight is 409 g/mol. The minimum atomic E-state index is -0.461. The van der Waals surface area contributed by atoms with Crippen LogP contribution in [0.4, 0.5) is 11.9 Å². The van der Waals surface area contributed by atoms with Crippen molar-refractivity contribution in [2.75, 3.05) is 43.5 Å². The molecule has 1 aromatic heterocycles. The van der Waals surface area contributed by atoms with Gasteiger partial charge in [-0.1, -0.05) is 12.1 Å². The fourth-order valence-electron chi connectivity index (χ4n) is 3.49. The molecule has 0 radical (unpaired) electrons. The van der Waals surface area contributed by atoms with Crippen LogP contribution in [0.25, 0.3) is 0 Å². The van der Waals surface area contributed by atoms with Crippen molar-refractivity contribution < 1.29 is 14.4 Å². The molecule has 10 nitrogen and oxygen atoms in total. The lowest BCUT2D eigenvalue weighted by atomic mass is 10.1. The molecule has 156 valence electrons. The molecule has 0 atom stereocenters. The molecule has 10 heteroatoms. The lowest BCUT2D eigenvalue weighted by Crippen LogP contribution is -2.40. The third-order valence-electron chi connectivity index (χ3n) is 5.07. The Morgan fingerprint density at radius 3 is 2.27 bits per heavy atom. The van der Waals surface area contributed by atoms with Crippen molar-refractivity contribution in [2.45, 2.75) is 19.4 Å². The number of fused-ring (bicyclic) bond motifs is 1. The van der Waals surface area contributed by atoms with Gasteiger partial charge in [0.05, 0.1) is 17.7 Å². The van der Waals surface area contributed by atoms with Gasteiger partial charge in [0, 0.05) is 27.2 Å². The smallest absolute Gasteiger partial charge is 0.262 e. The molecule has 1 fully saturated rings. The van der Waals surface area contributed by atoms with E-state index in [9.17, 15) is 14.4 Å². The van der Waals surface area contributed by atoms with Crippen LogP contribution in [0.2, 0.25) is 0 Å². The zero-order valence-corrected chi connectivity index (χ0v) is 17.0. The molecule has 2 aliphatic heterocycles. The SMILES string of the molecule is CN(C)c1nc(CNC(=O)CN2C(=O)c3ccccc3C2=O)nc(N2CCCC2)n1. The summed E-state index contributed by atoms with van der Waals surface area (Å²) in [7, 11) is 3.68. The molecule has 1 saturated heterocycles. The van der Waals surface area contributed by atoms with Crippen molar-refractivity contribution in [3.8, 4) is 0 Å². The first-order chi connectivity index (χ1) is 14.4. The summed E-state index contributed by atoms with van der Waals surface area (Å²) in [4.78, 5) is 55.4.